The van der Waals surface area contributed by atoms with Crippen molar-refractivity contribution in [2.75, 3.05) is 17.9 Å². The van der Waals surface area contributed by atoms with E-state index < -0.39 is 69.0 Å². The Hall–Kier alpha value is -3.68. The molecule has 4 atom stereocenters. The van der Waals surface area contributed by atoms with Gasteiger partial charge in [0.1, 0.15) is 29.0 Å². The van der Waals surface area contributed by atoms with Crippen molar-refractivity contribution < 1.29 is 36.7 Å². The highest BCUT2D eigenvalue weighted by Gasteiger charge is 2.61. The van der Waals surface area contributed by atoms with Crippen molar-refractivity contribution in [2.24, 2.45) is 5.92 Å². The lowest BCUT2D eigenvalue weighted by molar-refractivity contribution is -0.141. The van der Waals surface area contributed by atoms with Crippen LogP contribution in [0.15, 0.2) is 36.4 Å². The zero-order valence-electron chi connectivity index (χ0n) is 25.6. The topological polar surface area (TPSA) is 154 Å². The first-order valence-electron chi connectivity index (χ1n) is 15.0. The summed E-state index contributed by atoms with van der Waals surface area (Å²) in [5.41, 5.74) is -2.15. The molecule has 0 unspecified atom stereocenters. The average Bonchev–Trinajstić information content (AvgIpc) is 3.40. The summed E-state index contributed by atoms with van der Waals surface area (Å²) in [7, 11) is -3.18. The van der Waals surface area contributed by atoms with E-state index >= 15 is 0 Å². The molecule has 14 heteroatoms. The van der Waals surface area contributed by atoms with E-state index in [9.17, 15) is 32.0 Å². The number of ether oxygens (including phenoxy) is 1. The third kappa shape index (κ3) is 7.88. The second kappa shape index (κ2) is 13.1. The van der Waals surface area contributed by atoms with E-state index in [0.717, 1.165) is 29.3 Å². The van der Waals surface area contributed by atoms with Gasteiger partial charge in [-0.1, -0.05) is 25.0 Å². The van der Waals surface area contributed by atoms with Crippen LogP contribution in [0.5, 0.6) is 0 Å². The molecule has 0 aromatic heterocycles. The largest absolute Gasteiger partial charge is 0.444 e. The minimum atomic E-state index is -4.41. The van der Waals surface area contributed by atoms with Gasteiger partial charge in [0, 0.05) is 19.5 Å². The van der Waals surface area contributed by atoms with Gasteiger partial charge in [0.2, 0.25) is 11.8 Å². The van der Waals surface area contributed by atoms with Gasteiger partial charge in [-0.15, -0.1) is 0 Å². The molecule has 3 aliphatic rings. The Kier molecular flexibility index (Phi) is 9.91. The number of alkyl carbamates (subject to hydrolysis) is 1. The van der Waals surface area contributed by atoms with Crippen molar-refractivity contribution in [3.63, 3.8) is 0 Å². The predicted octanol–water partition coefficient (Wildman–Crippen LogP) is 2.90. The van der Waals surface area contributed by atoms with Crippen molar-refractivity contribution in [3.05, 3.63) is 42.2 Å². The van der Waals surface area contributed by atoms with Crippen molar-refractivity contribution in [3.8, 4) is 0 Å². The molecule has 3 N–H and O–H groups in total. The van der Waals surface area contributed by atoms with Gasteiger partial charge in [0.15, 0.2) is 0 Å². The molecule has 44 heavy (non-hydrogen) atoms. The maximum absolute atomic E-state index is 13.7. The normalized spacial score (nSPS) is 26.3. The van der Waals surface area contributed by atoms with E-state index in [1.807, 2.05) is 12.2 Å². The van der Waals surface area contributed by atoms with Crippen molar-refractivity contribution in [1.29, 1.82) is 0 Å². The van der Waals surface area contributed by atoms with E-state index in [-0.39, 0.29) is 12.1 Å². The first kappa shape index (κ1) is 33.2. The number of allylic oxidation sites excluding steroid dienone is 1. The molecule has 1 saturated carbocycles. The summed E-state index contributed by atoms with van der Waals surface area (Å²) in [6.45, 7) is 5.47. The van der Waals surface area contributed by atoms with Gasteiger partial charge >= 0.3 is 16.3 Å². The Morgan fingerprint density at radius 2 is 1.80 bits per heavy atom. The fourth-order valence-electron chi connectivity index (χ4n) is 5.61. The summed E-state index contributed by atoms with van der Waals surface area (Å²) in [6, 6.07) is 2.95. The molecule has 4 amide bonds. The lowest BCUT2D eigenvalue weighted by atomic mass is 10.0. The Bertz CT molecular complexity index is 1400. The van der Waals surface area contributed by atoms with Crippen LogP contribution in [0.25, 0.3) is 0 Å². The Labute approximate surface area is 257 Å². The lowest BCUT2D eigenvalue weighted by Gasteiger charge is -2.30. The fraction of sp³-hybridized carbons (Fsp3) is 0.600. The molecule has 4 rings (SSSR count). The van der Waals surface area contributed by atoms with Gasteiger partial charge in [0.05, 0.1) is 5.69 Å². The molecule has 1 saturated heterocycles. The summed E-state index contributed by atoms with van der Waals surface area (Å²) in [5.74, 6) is -2.87. The van der Waals surface area contributed by atoms with E-state index in [1.54, 1.807) is 20.8 Å². The summed E-state index contributed by atoms with van der Waals surface area (Å²) in [6.07, 6.45) is 7.39. The Morgan fingerprint density at radius 3 is 2.48 bits per heavy atom. The number of hydrogen-bond donors (Lipinski definition) is 3. The van der Waals surface area contributed by atoms with Gasteiger partial charge in [-0.3, -0.25) is 18.7 Å². The predicted molar refractivity (Wildman–Crippen MR) is 161 cm³/mol. The third-order valence-corrected chi connectivity index (χ3v) is 9.47. The Morgan fingerprint density at radius 1 is 1.09 bits per heavy atom. The van der Waals surface area contributed by atoms with Crippen LogP contribution in [0.3, 0.4) is 0 Å². The van der Waals surface area contributed by atoms with Crippen LogP contribution < -0.4 is 19.7 Å². The lowest BCUT2D eigenvalue weighted by Crippen LogP contribution is -2.59. The molecule has 2 fully saturated rings. The van der Waals surface area contributed by atoms with E-state index in [2.05, 4.69) is 15.4 Å². The average molecular weight is 636 g/mol. The number of nitrogens with zero attached hydrogens (tertiary/aromatic N) is 2. The molecule has 2 aliphatic heterocycles. The number of halogens is 1. The monoisotopic (exact) mass is 635 g/mol. The van der Waals surface area contributed by atoms with Crippen LogP contribution in [-0.2, 0) is 29.3 Å². The van der Waals surface area contributed by atoms with Crippen LogP contribution in [-0.4, -0.2) is 73.9 Å². The fourth-order valence-corrected chi connectivity index (χ4v) is 6.56. The molecule has 0 radical (unpaired) electrons. The minimum Gasteiger partial charge on any atom is -0.444 e. The van der Waals surface area contributed by atoms with Crippen LogP contribution in [0.1, 0.15) is 72.1 Å². The number of anilines is 1. The minimum absolute atomic E-state index is 0.136. The number of carbonyl (C=O) groups excluding carboxylic acids is 4. The number of nitrogens with one attached hydrogen (secondary N) is 3. The van der Waals surface area contributed by atoms with Crippen molar-refractivity contribution in [1.82, 2.24) is 20.3 Å². The van der Waals surface area contributed by atoms with Crippen LogP contribution in [0.2, 0.25) is 0 Å². The maximum Gasteiger partial charge on any atom is 0.408 e. The number of fused-ring (bicyclic) bond motifs is 2. The molecular weight excluding hydrogens is 593 g/mol. The highest BCUT2D eigenvalue weighted by molar-refractivity contribution is 7.91. The zero-order chi connectivity index (χ0) is 32.3. The second-order valence-electron chi connectivity index (χ2n) is 12.6. The summed E-state index contributed by atoms with van der Waals surface area (Å²) in [4.78, 5) is 55.0. The molecule has 2 heterocycles. The summed E-state index contributed by atoms with van der Waals surface area (Å²) >= 11 is 0. The van der Waals surface area contributed by atoms with E-state index in [4.69, 9.17) is 4.74 Å². The van der Waals surface area contributed by atoms with Gasteiger partial charge in [-0.05, 0) is 83.6 Å². The van der Waals surface area contributed by atoms with Gasteiger partial charge < -0.3 is 20.3 Å². The second-order valence-corrected chi connectivity index (χ2v) is 14.3. The first-order valence-corrected chi connectivity index (χ1v) is 16.4. The van der Waals surface area contributed by atoms with Crippen LogP contribution in [0.4, 0.5) is 14.9 Å². The Balaban J connectivity index is 1.55. The highest BCUT2D eigenvalue weighted by Crippen LogP contribution is 2.45. The number of amides is 4. The van der Waals surface area contributed by atoms with Crippen LogP contribution in [0, 0.1) is 11.7 Å². The van der Waals surface area contributed by atoms with Gasteiger partial charge in [-0.25, -0.2) is 13.9 Å². The number of benzene rings is 1. The van der Waals surface area contributed by atoms with Gasteiger partial charge in [-0.2, -0.15) is 8.42 Å². The number of rotatable bonds is 5. The van der Waals surface area contributed by atoms with Crippen molar-refractivity contribution in [2.45, 2.75) is 95.4 Å². The molecule has 1 aliphatic carbocycles. The van der Waals surface area contributed by atoms with Crippen LogP contribution >= 0.6 is 0 Å². The molecule has 1 aromatic carbocycles. The first-order chi connectivity index (χ1) is 20.6. The molecule has 242 valence electrons. The van der Waals surface area contributed by atoms with E-state index in [0.29, 0.717) is 38.6 Å². The smallest absolute Gasteiger partial charge is 0.408 e. The quantitative estimate of drug-likeness (QED) is 0.421. The highest BCUT2D eigenvalue weighted by atomic mass is 32.2. The zero-order valence-corrected chi connectivity index (χ0v) is 26.4. The third-order valence-electron chi connectivity index (χ3n) is 8.10. The number of hydrogen-bond acceptors (Lipinski definition) is 7. The molecular formula is C30H42FN5O7S. The molecule has 1 aromatic rings. The van der Waals surface area contributed by atoms with Crippen molar-refractivity contribution >= 4 is 39.7 Å². The molecule has 0 bridgehead atoms. The molecule has 12 nitrogen and oxygen atoms in total. The SMILES string of the molecule is CN(c1ccc(F)cc1)S(=O)(=O)NC(=O)[C@@]12C[C@H]1C=CCCCCC[C@H](NC(=O)OC(C)(C)C)C(=O)N1CCC[C@H]1C(=O)N2. The standard InChI is InChI=1S/C30H42FN5O7S/c1-29(2,3)43-28(40)32-23-12-9-7-5-6-8-11-20-19-30(20,33-25(37)24-13-10-18-36(24)26(23)38)27(39)34-44(41,42)35(4)22-16-14-21(31)15-17-22/h8,11,14-17,20,23-24H,5-7,9-10,12-13,18-19H2,1-4H3,(H,32,40)(H,33,37)(H,34,39)/t20-,23+,24+,30-/m1/s1. The summed E-state index contributed by atoms with van der Waals surface area (Å²) < 4.78 is 47.9. The molecule has 0 spiro atoms. The number of carbonyl (C=O) groups is 4. The summed E-state index contributed by atoms with van der Waals surface area (Å²) in [5, 5.41) is 5.47. The van der Waals surface area contributed by atoms with Gasteiger partial charge in [0.25, 0.3) is 5.91 Å². The maximum atomic E-state index is 13.7. The van der Waals surface area contributed by atoms with E-state index in [1.165, 1.54) is 24.1 Å².